The van der Waals surface area contributed by atoms with E-state index in [0.29, 0.717) is 5.49 Å². The predicted molar refractivity (Wildman–Crippen MR) is 76.7 cm³/mol. The molecule has 104 valence electrons. The van der Waals surface area contributed by atoms with Gasteiger partial charge in [0.05, 0.1) is 13.2 Å². The van der Waals surface area contributed by atoms with Crippen molar-refractivity contribution in [2.45, 2.75) is 26.3 Å². The Kier molecular flexibility index (Phi) is 4.22. The van der Waals surface area contributed by atoms with Gasteiger partial charge >= 0.3 is 0 Å². The molecule has 1 saturated heterocycles. The number of pyridine rings is 1. The molecule has 4 nitrogen and oxygen atoms in total. The molecule has 0 aromatic carbocycles. The summed E-state index contributed by atoms with van der Waals surface area (Å²) in [5.74, 6) is 0. The number of aromatic nitrogens is 1. The van der Waals surface area contributed by atoms with E-state index in [9.17, 15) is 0 Å². The molecule has 0 radical (unpaired) electrons. The molecule has 4 heteroatoms. The van der Waals surface area contributed by atoms with Crippen LogP contribution in [0, 0.1) is 5.41 Å². The fourth-order valence-electron chi connectivity index (χ4n) is 2.49. The van der Waals surface area contributed by atoms with Crippen LogP contribution in [0.15, 0.2) is 24.4 Å². The van der Waals surface area contributed by atoms with Gasteiger partial charge in [-0.15, -0.1) is 0 Å². The van der Waals surface area contributed by atoms with Crippen molar-refractivity contribution < 1.29 is 4.74 Å². The maximum absolute atomic E-state index is 8.08. The fraction of sp³-hybridized carbons (Fsp3) is 0.533. The summed E-state index contributed by atoms with van der Waals surface area (Å²) in [5.41, 5.74) is 1.63. The molecule has 1 aliphatic heterocycles. The van der Waals surface area contributed by atoms with Crippen molar-refractivity contribution in [3.63, 3.8) is 0 Å². The van der Waals surface area contributed by atoms with Gasteiger partial charge in [-0.2, -0.15) is 0 Å². The molecule has 1 fully saturated rings. The molecule has 0 aliphatic carbocycles. The second-order valence-corrected chi connectivity index (χ2v) is 5.35. The highest BCUT2D eigenvalue weighted by molar-refractivity contribution is 5.27. The van der Waals surface area contributed by atoms with Gasteiger partial charge in [-0.1, -0.05) is 6.08 Å². The second-order valence-electron chi connectivity index (χ2n) is 5.35. The molecule has 19 heavy (non-hydrogen) atoms. The molecule has 0 bridgehead atoms. The summed E-state index contributed by atoms with van der Waals surface area (Å²) >= 11 is 0. The topological polar surface area (TPSA) is 41.2 Å². The molecule has 0 atom stereocenters. The summed E-state index contributed by atoms with van der Waals surface area (Å²) in [7, 11) is 0. The van der Waals surface area contributed by atoms with E-state index in [4.69, 9.17) is 10.1 Å². The van der Waals surface area contributed by atoms with E-state index >= 15 is 0 Å². The van der Waals surface area contributed by atoms with Gasteiger partial charge in [0.25, 0.3) is 0 Å². The smallest absolute Gasteiger partial charge is 0.129 e. The van der Waals surface area contributed by atoms with E-state index < -0.39 is 0 Å². The molecular weight excluding hydrogens is 238 g/mol. The van der Waals surface area contributed by atoms with E-state index in [1.54, 1.807) is 0 Å². The molecule has 1 aromatic heterocycles. The summed E-state index contributed by atoms with van der Waals surface area (Å²) in [6.07, 6.45) is 5.79. The van der Waals surface area contributed by atoms with Crippen molar-refractivity contribution in [2.75, 3.05) is 26.3 Å². The standard InChI is InChI=1S/C15H23N3O/c1-4-6-17-7-5-13(12-14(17)16)15(2,3)18-8-10-19-11-9-18/h4-7,12,16H,8-11H2,1-3H3/b6-4-,16-14?. The van der Waals surface area contributed by atoms with E-state index in [0.717, 1.165) is 26.3 Å². The molecule has 0 unspecified atom stereocenters. The maximum atomic E-state index is 8.08. The van der Waals surface area contributed by atoms with Crippen molar-refractivity contribution in [1.29, 1.82) is 5.41 Å². The SMILES string of the molecule is C/C=C\n1ccc(C(C)(C)N2CCOCC2)cc1=N. The minimum Gasteiger partial charge on any atom is -0.379 e. The van der Waals surface area contributed by atoms with Gasteiger partial charge in [0.1, 0.15) is 5.49 Å². The zero-order valence-corrected chi connectivity index (χ0v) is 12.0. The van der Waals surface area contributed by atoms with Crippen LogP contribution in [-0.4, -0.2) is 35.8 Å². The first-order valence-electron chi connectivity index (χ1n) is 6.78. The van der Waals surface area contributed by atoms with E-state index in [1.807, 2.05) is 36.0 Å². The number of hydrogen-bond donors (Lipinski definition) is 1. The highest BCUT2D eigenvalue weighted by Crippen LogP contribution is 2.27. The van der Waals surface area contributed by atoms with Crippen molar-refractivity contribution in [3.05, 3.63) is 35.5 Å². The molecule has 2 heterocycles. The van der Waals surface area contributed by atoms with Gasteiger partial charge in [-0.25, -0.2) is 0 Å². The number of ether oxygens (including phenoxy) is 1. The maximum Gasteiger partial charge on any atom is 0.129 e. The fourth-order valence-corrected chi connectivity index (χ4v) is 2.49. The second kappa shape index (κ2) is 5.72. The van der Waals surface area contributed by atoms with Crippen molar-refractivity contribution in [2.24, 2.45) is 0 Å². The Morgan fingerprint density at radius 1 is 1.32 bits per heavy atom. The Morgan fingerprint density at radius 2 is 2.00 bits per heavy atom. The molecule has 1 N–H and O–H groups in total. The Morgan fingerprint density at radius 3 is 2.58 bits per heavy atom. The van der Waals surface area contributed by atoms with Crippen LogP contribution in [-0.2, 0) is 10.3 Å². The van der Waals surface area contributed by atoms with E-state index in [2.05, 4.69) is 24.8 Å². The number of allylic oxidation sites excluding steroid dienone is 1. The summed E-state index contributed by atoms with van der Waals surface area (Å²) in [4.78, 5) is 2.42. The number of rotatable bonds is 3. The van der Waals surface area contributed by atoms with Crippen LogP contribution in [0.25, 0.3) is 6.20 Å². The molecule has 1 aliphatic rings. The highest BCUT2D eigenvalue weighted by atomic mass is 16.5. The summed E-state index contributed by atoms with van der Waals surface area (Å²) in [5, 5.41) is 8.08. The lowest BCUT2D eigenvalue weighted by Gasteiger charge is -2.41. The summed E-state index contributed by atoms with van der Waals surface area (Å²) in [6.45, 7) is 9.87. The average Bonchev–Trinajstić information content (AvgIpc) is 2.42. The van der Waals surface area contributed by atoms with Gasteiger partial charge < -0.3 is 9.30 Å². The molecule has 0 spiro atoms. The number of nitrogens with one attached hydrogen (secondary N) is 1. The minimum absolute atomic E-state index is 0.0609. The predicted octanol–water partition coefficient (Wildman–Crippen LogP) is 2.03. The van der Waals surface area contributed by atoms with E-state index in [-0.39, 0.29) is 5.54 Å². The van der Waals surface area contributed by atoms with Gasteiger partial charge in [0.2, 0.25) is 0 Å². The molecule has 2 rings (SSSR count). The van der Waals surface area contributed by atoms with Crippen LogP contribution in [0.2, 0.25) is 0 Å². The molecule has 1 aromatic rings. The Balaban J connectivity index is 2.29. The van der Waals surface area contributed by atoms with Gasteiger partial charge in [-0.05, 0) is 38.5 Å². The summed E-state index contributed by atoms with van der Waals surface area (Å²) in [6, 6.07) is 4.06. The Labute approximate surface area is 114 Å². The zero-order valence-electron chi connectivity index (χ0n) is 12.0. The third kappa shape index (κ3) is 2.96. The molecule has 0 amide bonds. The van der Waals surface area contributed by atoms with Crippen LogP contribution >= 0.6 is 0 Å². The van der Waals surface area contributed by atoms with Crippen molar-refractivity contribution in [3.8, 4) is 0 Å². The highest BCUT2D eigenvalue weighted by Gasteiger charge is 2.30. The first kappa shape index (κ1) is 14.0. The minimum atomic E-state index is -0.0609. The number of nitrogens with zero attached hydrogens (tertiary/aromatic N) is 2. The van der Waals surface area contributed by atoms with Crippen LogP contribution in [0.1, 0.15) is 26.3 Å². The van der Waals surface area contributed by atoms with E-state index in [1.165, 1.54) is 5.56 Å². The Hall–Kier alpha value is -1.39. The first-order chi connectivity index (χ1) is 9.05. The van der Waals surface area contributed by atoms with Gasteiger partial charge in [-0.3, -0.25) is 10.3 Å². The van der Waals surface area contributed by atoms with Crippen LogP contribution in [0.5, 0.6) is 0 Å². The third-order valence-electron chi connectivity index (χ3n) is 3.80. The zero-order chi connectivity index (χ0) is 13.9. The van der Waals surface area contributed by atoms with Crippen molar-refractivity contribution >= 4 is 6.20 Å². The van der Waals surface area contributed by atoms with Crippen LogP contribution in [0.3, 0.4) is 0 Å². The monoisotopic (exact) mass is 261 g/mol. The molecular formula is C15H23N3O. The number of morpholine rings is 1. The van der Waals surface area contributed by atoms with Crippen LogP contribution in [0.4, 0.5) is 0 Å². The van der Waals surface area contributed by atoms with Gasteiger partial charge in [0, 0.05) is 31.0 Å². The number of hydrogen-bond acceptors (Lipinski definition) is 3. The summed E-state index contributed by atoms with van der Waals surface area (Å²) < 4.78 is 7.23. The molecule has 0 saturated carbocycles. The first-order valence-corrected chi connectivity index (χ1v) is 6.78. The average molecular weight is 261 g/mol. The lowest BCUT2D eigenvalue weighted by Crippen LogP contribution is -2.48. The largest absolute Gasteiger partial charge is 0.379 e. The van der Waals surface area contributed by atoms with Crippen LogP contribution < -0.4 is 5.49 Å². The van der Waals surface area contributed by atoms with Gasteiger partial charge in [0.15, 0.2) is 0 Å². The third-order valence-corrected chi connectivity index (χ3v) is 3.80. The normalized spacial score (nSPS) is 18.1. The lowest BCUT2D eigenvalue weighted by molar-refractivity contribution is -0.0118. The quantitative estimate of drug-likeness (QED) is 0.904. The lowest BCUT2D eigenvalue weighted by atomic mass is 9.92. The Bertz CT molecular complexity index is 510. The van der Waals surface area contributed by atoms with Crippen molar-refractivity contribution in [1.82, 2.24) is 9.47 Å².